The van der Waals surface area contributed by atoms with Gasteiger partial charge in [-0.1, -0.05) is 37.6 Å². The number of hydrogen-bond acceptors (Lipinski definition) is 4. The van der Waals surface area contributed by atoms with Crippen LogP contribution < -0.4 is 9.47 Å². The second kappa shape index (κ2) is 12.4. The van der Waals surface area contributed by atoms with E-state index in [1.165, 1.54) is 12.1 Å². The fourth-order valence-electron chi connectivity index (χ4n) is 3.76. The van der Waals surface area contributed by atoms with E-state index in [4.69, 9.17) is 19.6 Å². The Bertz CT molecular complexity index is 1150. The summed E-state index contributed by atoms with van der Waals surface area (Å²) >= 11 is 0. The molecule has 3 rings (SSSR count). The van der Waals surface area contributed by atoms with E-state index in [1.54, 1.807) is 18.2 Å². The van der Waals surface area contributed by atoms with Crippen molar-refractivity contribution in [3.8, 4) is 22.8 Å². The van der Waals surface area contributed by atoms with E-state index < -0.39 is 23.8 Å². The molecule has 0 aliphatic carbocycles. The maximum Gasteiger partial charge on any atom is 0.416 e. The first-order valence-electron chi connectivity index (χ1n) is 12.0. The lowest BCUT2D eigenvalue weighted by atomic mass is 10.0. The van der Waals surface area contributed by atoms with E-state index in [9.17, 15) is 18.0 Å². The number of aromatic nitrogens is 1. The predicted octanol–water partition coefficient (Wildman–Crippen LogP) is 7.49. The summed E-state index contributed by atoms with van der Waals surface area (Å²) in [5.74, 6) is 0.187. The first-order valence-corrected chi connectivity index (χ1v) is 12.0. The van der Waals surface area contributed by atoms with Gasteiger partial charge in [0.15, 0.2) is 11.5 Å². The van der Waals surface area contributed by atoms with Gasteiger partial charge in [-0.05, 0) is 68.1 Å². The summed E-state index contributed by atoms with van der Waals surface area (Å²) in [5.41, 5.74) is 1.93. The molecular formula is C28H30F3NO4. The number of hydrogen-bond donors (Lipinski definition) is 1. The fraction of sp³-hybridized carbons (Fsp3) is 0.357. The van der Waals surface area contributed by atoms with Crippen LogP contribution in [0.4, 0.5) is 13.2 Å². The zero-order chi connectivity index (χ0) is 26.1. The van der Waals surface area contributed by atoms with E-state index in [1.807, 2.05) is 25.1 Å². The third-order valence-corrected chi connectivity index (χ3v) is 5.63. The molecule has 0 radical (unpaired) electrons. The minimum Gasteiger partial charge on any atom is -0.490 e. The summed E-state index contributed by atoms with van der Waals surface area (Å²) in [5, 5.41) is 8.97. The third kappa shape index (κ3) is 7.47. The van der Waals surface area contributed by atoms with Crippen molar-refractivity contribution in [2.75, 3.05) is 6.61 Å². The number of nitrogens with zero attached hydrogens (tertiary/aromatic N) is 1. The molecule has 8 heteroatoms. The molecule has 2 aromatic carbocycles. The SMILES string of the molecule is CCCC[C@@H](Oc1ccc(CCC(=O)O)cc1OCC)c1cccc(-c2ccc(C(F)(F)F)cc2)n1. The summed E-state index contributed by atoms with van der Waals surface area (Å²) < 4.78 is 51.0. The summed E-state index contributed by atoms with van der Waals surface area (Å²) in [6.07, 6.45) is -1.87. The van der Waals surface area contributed by atoms with Crippen LogP contribution in [-0.2, 0) is 17.4 Å². The molecule has 5 nitrogen and oxygen atoms in total. The van der Waals surface area contributed by atoms with Gasteiger partial charge in [0.1, 0.15) is 6.10 Å². The highest BCUT2D eigenvalue weighted by molar-refractivity contribution is 5.67. The topological polar surface area (TPSA) is 68.7 Å². The van der Waals surface area contributed by atoms with E-state index >= 15 is 0 Å². The lowest BCUT2D eigenvalue weighted by molar-refractivity contribution is -0.138. The van der Waals surface area contributed by atoms with Crippen molar-refractivity contribution in [3.63, 3.8) is 0 Å². The smallest absolute Gasteiger partial charge is 0.416 e. The van der Waals surface area contributed by atoms with E-state index in [0.717, 1.165) is 30.5 Å². The Balaban J connectivity index is 1.88. The van der Waals surface area contributed by atoms with Crippen LogP contribution in [-0.4, -0.2) is 22.7 Å². The maximum atomic E-state index is 12.9. The molecule has 0 fully saturated rings. The second-order valence-electron chi connectivity index (χ2n) is 8.38. The quantitative estimate of drug-likeness (QED) is 0.278. The first kappa shape index (κ1) is 27.0. The van der Waals surface area contributed by atoms with Crippen LogP contribution in [0.2, 0.25) is 0 Å². The Labute approximate surface area is 208 Å². The van der Waals surface area contributed by atoms with Gasteiger partial charge < -0.3 is 14.6 Å². The number of aliphatic carboxylic acids is 1. The Kier molecular flexibility index (Phi) is 9.33. The second-order valence-corrected chi connectivity index (χ2v) is 8.38. The number of carboxylic acids is 1. The molecule has 1 atom stereocenters. The number of pyridine rings is 1. The van der Waals surface area contributed by atoms with Crippen molar-refractivity contribution in [2.45, 2.75) is 58.2 Å². The molecule has 36 heavy (non-hydrogen) atoms. The molecule has 3 aromatic rings. The highest BCUT2D eigenvalue weighted by Crippen LogP contribution is 2.35. The van der Waals surface area contributed by atoms with Crippen molar-refractivity contribution in [2.24, 2.45) is 0 Å². The molecule has 0 aliphatic heterocycles. The number of rotatable bonds is 12. The lowest BCUT2D eigenvalue weighted by Crippen LogP contribution is -2.11. The molecule has 0 spiro atoms. The Morgan fingerprint density at radius 2 is 1.78 bits per heavy atom. The Hall–Kier alpha value is -3.55. The molecular weight excluding hydrogens is 471 g/mol. The number of unbranched alkanes of at least 4 members (excludes halogenated alkanes) is 1. The highest BCUT2D eigenvalue weighted by atomic mass is 19.4. The van der Waals surface area contributed by atoms with Crippen LogP contribution in [0.15, 0.2) is 60.7 Å². The summed E-state index contributed by atoms with van der Waals surface area (Å²) in [6, 6.07) is 15.7. The zero-order valence-electron chi connectivity index (χ0n) is 20.3. The Morgan fingerprint density at radius 3 is 2.42 bits per heavy atom. The minimum atomic E-state index is -4.39. The molecule has 1 N–H and O–H groups in total. The van der Waals surface area contributed by atoms with E-state index in [0.29, 0.717) is 47.9 Å². The zero-order valence-corrected chi connectivity index (χ0v) is 20.3. The normalized spacial score (nSPS) is 12.2. The van der Waals surface area contributed by atoms with Crippen LogP contribution in [0, 0.1) is 0 Å². The first-order chi connectivity index (χ1) is 17.2. The number of carbonyl (C=O) groups is 1. The van der Waals surface area contributed by atoms with Gasteiger partial charge in [0.25, 0.3) is 0 Å². The third-order valence-electron chi connectivity index (χ3n) is 5.63. The molecule has 0 bridgehead atoms. The van der Waals surface area contributed by atoms with Gasteiger partial charge in [-0.2, -0.15) is 13.2 Å². The minimum absolute atomic E-state index is 0.0194. The molecule has 1 aromatic heterocycles. The van der Waals surface area contributed by atoms with Crippen LogP contribution in [0.25, 0.3) is 11.3 Å². The van der Waals surface area contributed by atoms with Crippen LogP contribution >= 0.6 is 0 Å². The number of benzene rings is 2. The average molecular weight is 502 g/mol. The van der Waals surface area contributed by atoms with Gasteiger partial charge >= 0.3 is 12.1 Å². The van der Waals surface area contributed by atoms with Crippen molar-refractivity contribution in [1.29, 1.82) is 0 Å². The molecule has 192 valence electrons. The van der Waals surface area contributed by atoms with Gasteiger partial charge in [0, 0.05) is 12.0 Å². The molecule has 0 aliphatic rings. The number of aryl methyl sites for hydroxylation is 1. The maximum absolute atomic E-state index is 12.9. The van der Waals surface area contributed by atoms with Crippen LogP contribution in [0.5, 0.6) is 11.5 Å². The predicted molar refractivity (Wildman–Crippen MR) is 131 cm³/mol. The number of ether oxygens (including phenoxy) is 2. The molecule has 0 unspecified atom stereocenters. The molecule has 1 heterocycles. The van der Waals surface area contributed by atoms with Gasteiger partial charge in [-0.3, -0.25) is 4.79 Å². The molecule has 0 saturated carbocycles. The van der Waals surface area contributed by atoms with Gasteiger partial charge in [-0.15, -0.1) is 0 Å². The monoisotopic (exact) mass is 501 g/mol. The summed E-state index contributed by atoms with van der Waals surface area (Å²) in [4.78, 5) is 15.6. The lowest BCUT2D eigenvalue weighted by Gasteiger charge is -2.21. The molecule has 0 amide bonds. The summed E-state index contributed by atoms with van der Waals surface area (Å²) in [6.45, 7) is 4.35. The van der Waals surface area contributed by atoms with Gasteiger partial charge in [0.2, 0.25) is 0 Å². The molecule has 0 saturated heterocycles. The standard InChI is InChI=1S/C28H30F3NO4/c1-3-5-9-24(36-25-16-10-19(11-17-27(33)34)18-26(25)35-4-2)23-8-6-7-22(32-23)20-12-14-21(15-13-20)28(29,30)31/h6-8,10,12-16,18,24H,3-5,9,11,17H2,1-2H3,(H,33,34)/t24-/m1/s1. The average Bonchev–Trinajstić information content (AvgIpc) is 2.86. The van der Waals surface area contributed by atoms with Crippen molar-refractivity contribution in [3.05, 3.63) is 77.5 Å². The highest BCUT2D eigenvalue weighted by Gasteiger charge is 2.30. The fourth-order valence-corrected chi connectivity index (χ4v) is 3.76. The van der Waals surface area contributed by atoms with E-state index in [2.05, 4.69) is 6.92 Å². The van der Waals surface area contributed by atoms with Gasteiger partial charge in [0.05, 0.1) is 23.6 Å². The van der Waals surface area contributed by atoms with Crippen LogP contribution in [0.1, 0.15) is 62.5 Å². The van der Waals surface area contributed by atoms with Crippen LogP contribution in [0.3, 0.4) is 0 Å². The largest absolute Gasteiger partial charge is 0.490 e. The summed E-state index contributed by atoms with van der Waals surface area (Å²) in [7, 11) is 0. The van der Waals surface area contributed by atoms with Gasteiger partial charge in [-0.25, -0.2) is 4.98 Å². The van der Waals surface area contributed by atoms with Crippen molar-refractivity contribution in [1.82, 2.24) is 4.98 Å². The number of alkyl halides is 3. The van der Waals surface area contributed by atoms with Crippen molar-refractivity contribution < 1.29 is 32.5 Å². The van der Waals surface area contributed by atoms with Crippen molar-refractivity contribution >= 4 is 5.97 Å². The Morgan fingerprint density at radius 1 is 1.03 bits per heavy atom. The van der Waals surface area contributed by atoms with E-state index in [-0.39, 0.29) is 6.42 Å². The number of halogens is 3. The number of carboxylic acid groups (broad SMARTS) is 1.